The minimum absolute atomic E-state index is 0.0293. The van der Waals surface area contributed by atoms with Gasteiger partial charge in [-0.15, -0.1) is 0 Å². The molecule has 1 saturated carbocycles. The number of fused-ring (bicyclic) bond motifs is 1. The monoisotopic (exact) mass is 294 g/mol. The zero-order valence-electron chi connectivity index (χ0n) is 11.4. The maximum atomic E-state index is 10.4. The Balaban J connectivity index is 2.15. The normalized spacial score (nSPS) is 23.7. The number of nitrogens with zero attached hydrogens (tertiary/aromatic N) is 3. The number of imidazole rings is 1. The summed E-state index contributed by atoms with van der Waals surface area (Å²) < 4.78 is 7.71. The molecule has 0 aliphatic heterocycles. The van der Waals surface area contributed by atoms with Gasteiger partial charge < -0.3 is 14.8 Å². The average Bonchev–Trinajstić information content (AvgIpc) is 2.63. The smallest absolute Gasteiger partial charge is 0.242 e. The summed E-state index contributed by atoms with van der Waals surface area (Å²) in [5.41, 5.74) is 1.39. The molecule has 0 bridgehead atoms. The molecule has 2 heterocycles. The number of hydrogen-bond donors (Lipinski definition) is 2. The summed E-state index contributed by atoms with van der Waals surface area (Å²) in [7, 11) is 1.57. The van der Waals surface area contributed by atoms with Gasteiger partial charge in [-0.05, 0) is 25.1 Å². The highest BCUT2D eigenvalue weighted by Crippen LogP contribution is 2.31. The van der Waals surface area contributed by atoms with E-state index in [1.807, 2.05) is 4.57 Å². The van der Waals surface area contributed by atoms with Crippen LogP contribution in [0.1, 0.15) is 38.1 Å². The number of aromatic amines is 1. The zero-order chi connectivity index (χ0) is 14.1. The van der Waals surface area contributed by atoms with Gasteiger partial charge in [-0.3, -0.25) is 4.57 Å². The number of methoxy groups -OCH3 is 1. The van der Waals surface area contributed by atoms with Gasteiger partial charge >= 0.3 is 0 Å². The Labute approximate surface area is 121 Å². The van der Waals surface area contributed by atoms with Gasteiger partial charge in [-0.25, -0.2) is 4.98 Å². The average molecular weight is 294 g/mol. The Hall–Kier alpha value is -1.47. The minimum Gasteiger partial charge on any atom is -0.479 e. The fourth-order valence-electron chi connectivity index (χ4n) is 2.95. The fraction of sp³-hybridized carbons (Fsp3) is 0.615. The van der Waals surface area contributed by atoms with Crippen LogP contribution in [-0.4, -0.2) is 37.8 Å². The van der Waals surface area contributed by atoms with Gasteiger partial charge in [0.05, 0.1) is 19.3 Å². The molecular formula is C13H18N4O2S. The van der Waals surface area contributed by atoms with Crippen LogP contribution in [0.4, 0.5) is 0 Å². The second kappa shape index (κ2) is 5.49. The van der Waals surface area contributed by atoms with E-state index in [1.54, 1.807) is 7.11 Å². The van der Waals surface area contributed by atoms with E-state index in [4.69, 9.17) is 17.0 Å². The van der Waals surface area contributed by atoms with Crippen LogP contribution >= 0.6 is 12.2 Å². The van der Waals surface area contributed by atoms with Crippen molar-refractivity contribution in [2.45, 2.75) is 44.2 Å². The maximum absolute atomic E-state index is 10.4. The van der Waals surface area contributed by atoms with Crippen molar-refractivity contribution in [3.05, 3.63) is 11.1 Å². The summed E-state index contributed by atoms with van der Waals surface area (Å²) >= 11 is 5.41. The molecule has 1 aliphatic carbocycles. The number of aliphatic hydroxyl groups is 1. The van der Waals surface area contributed by atoms with Gasteiger partial charge in [0.25, 0.3) is 0 Å². The molecule has 2 unspecified atom stereocenters. The van der Waals surface area contributed by atoms with Crippen molar-refractivity contribution in [3.8, 4) is 5.88 Å². The second-order valence-electron chi connectivity index (χ2n) is 5.15. The zero-order valence-corrected chi connectivity index (χ0v) is 12.2. The minimum atomic E-state index is -0.385. The lowest BCUT2D eigenvalue weighted by atomic mass is 10.1. The Morgan fingerprint density at radius 3 is 2.95 bits per heavy atom. The van der Waals surface area contributed by atoms with Crippen molar-refractivity contribution in [2.24, 2.45) is 0 Å². The number of H-pyrrole nitrogens is 1. The molecule has 0 spiro atoms. The highest BCUT2D eigenvalue weighted by molar-refractivity contribution is 7.71. The lowest BCUT2D eigenvalue weighted by Gasteiger charge is -2.22. The molecule has 1 aliphatic rings. The van der Waals surface area contributed by atoms with E-state index in [-0.39, 0.29) is 12.1 Å². The standard InChI is InChI=1S/C13H18N4O2S/c1-19-12-10-11(14-7-15-12)17(13(20)16-10)8-5-3-2-4-6-9(8)18/h7-9,18H,2-6H2,1H3,(H,16,20). The van der Waals surface area contributed by atoms with Crippen LogP contribution in [0.5, 0.6) is 5.88 Å². The molecule has 2 atom stereocenters. The third-order valence-electron chi connectivity index (χ3n) is 3.94. The van der Waals surface area contributed by atoms with Crippen LogP contribution < -0.4 is 4.74 Å². The number of nitrogens with one attached hydrogen (secondary N) is 1. The van der Waals surface area contributed by atoms with E-state index >= 15 is 0 Å². The SMILES string of the molecule is COc1ncnc2c1[nH]c(=S)n2C1CCCCCC1O. The van der Waals surface area contributed by atoms with Crippen LogP contribution in [0.15, 0.2) is 6.33 Å². The summed E-state index contributed by atoms with van der Waals surface area (Å²) in [6.07, 6.45) is 6.11. The molecule has 2 aromatic heterocycles. The molecule has 3 rings (SSSR count). The van der Waals surface area contributed by atoms with E-state index in [9.17, 15) is 5.11 Å². The summed E-state index contributed by atoms with van der Waals surface area (Å²) in [4.78, 5) is 11.5. The van der Waals surface area contributed by atoms with Gasteiger partial charge in [-0.1, -0.05) is 19.3 Å². The highest BCUT2D eigenvalue weighted by Gasteiger charge is 2.26. The first-order valence-corrected chi connectivity index (χ1v) is 7.30. The first-order chi connectivity index (χ1) is 9.72. The molecular weight excluding hydrogens is 276 g/mol. The number of rotatable bonds is 2. The van der Waals surface area contributed by atoms with Crippen LogP contribution in [0.25, 0.3) is 11.2 Å². The lowest BCUT2D eigenvalue weighted by molar-refractivity contribution is 0.106. The van der Waals surface area contributed by atoms with Crippen molar-refractivity contribution in [3.63, 3.8) is 0 Å². The van der Waals surface area contributed by atoms with E-state index < -0.39 is 0 Å². The van der Waals surface area contributed by atoms with Crippen LogP contribution in [0.2, 0.25) is 0 Å². The molecule has 0 amide bonds. The van der Waals surface area contributed by atoms with Gasteiger partial charge in [0.1, 0.15) is 11.8 Å². The quantitative estimate of drug-likeness (QED) is 0.657. The molecule has 1 fully saturated rings. The first kappa shape index (κ1) is 13.5. The summed E-state index contributed by atoms with van der Waals surface area (Å²) in [6.45, 7) is 0. The van der Waals surface area contributed by atoms with E-state index in [0.717, 1.165) is 32.1 Å². The van der Waals surface area contributed by atoms with Crippen molar-refractivity contribution in [2.75, 3.05) is 7.11 Å². The predicted octanol–water partition coefficient (Wildman–Crippen LogP) is 2.36. The van der Waals surface area contributed by atoms with Crippen molar-refractivity contribution >= 4 is 23.4 Å². The Bertz CT molecular complexity index is 666. The van der Waals surface area contributed by atoms with Crippen LogP contribution in [-0.2, 0) is 0 Å². The second-order valence-corrected chi connectivity index (χ2v) is 5.54. The summed E-state index contributed by atoms with van der Waals surface area (Å²) in [6, 6.07) is -0.0293. The number of aromatic nitrogens is 4. The Morgan fingerprint density at radius 2 is 2.15 bits per heavy atom. The predicted molar refractivity (Wildman–Crippen MR) is 77.4 cm³/mol. The van der Waals surface area contributed by atoms with E-state index in [0.29, 0.717) is 21.8 Å². The van der Waals surface area contributed by atoms with Crippen molar-refractivity contribution in [1.29, 1.82) is 0 Å². The molecule has 2 N–H and O–H groups in total. The fourth-order valence-corrected chi connectivity index (χ4v) is 3.27. The molecule has 20 heavy (non-hydrogen) atoms. The van der Waals surface area contributed by atoms with Gasteiger partial charge in [0.2, 0.25) is 5.88 Å². The van der Waals surface area contributed by atoms with E-state index in [2.05, 4.69) is 15.0 Å². The highest BCUT2D eigenvalue weighted by atomic mass is 32.1. The van der Waals surface area contributed by atoms with Gasteiger partial charge in [-0.2, -0.15) is 4.98 Å². The number of hydrogen-bond acceptors (Lipinski definition) is 5. The molecule has 0 aromatic carbocycles. The molecule has 0 saturated heterocycles. The van der Waals surface area contributed by atoms with Gasteiger partial charge in [0.15, 0.2) is 10.4 Å². The topological polar surface area (TPSA) is 76.0 Å². The maximum Gasteiger partial charge on any atom is 0.242 e. The molecule has 7 heteroatoms. The van der Waals surface area contributed by atoms with Crippen LogP contribution in [0.3, 0.4) is 0 Å². The Morgan fingerprint density at radius 1 is 1.35 bits per heavy atom. The van der Waals surface area contributed by atoms with Crippen molar-refractivity contribution < 1.29 is 9.84 Å². The molecule has 108 valence electrons. The largest absolute Gasteiger partial charge is 0.479 e. The lowest BCUT2D eigenvalue weighted by Crippen LogP contribution is -2.23. The van der Waals surface area contributed by atoms with Crippen molar-refractivity contribution in [1.82, 2.24) is 19.5 Å². The molecule has 6 nitrogen and oxygen atoms in total. The Kier molecular flexibility index (Phi) is 3.71. The van der Waals surface area contributed by atoms with Gasteiger partial charge in [0, 0.05) is 0 Å². The third-order valence-corrected chi connectivity index (χ3v) is 4.24. The number of ether oxygens (including phenoxy) is 1. The van der Waals surface area contributed by atoms with E-state index in [1.165, 1.54) is 6.33 Å². The number of aliphatic hydroxyl groups excluding tert-OH is 1. The third kappa shape index (κ3) is 2.20. The first-order valence-electron chi connectivity index (χ1n) is 6.89. The molecule has 2 aromatic rings. The summed E-state index contributed by atoms with van der Waals surface area (Å²) in [5, 5.41) is 10.4. The summed E-state index contributed by atoms with van der Waals surface area (Å²) in [5.74, 6) is 0.475. The molecule has 0 radical (unpaired) electrons. The van der Waals surface area contributed by atoms with Crippen LogP contribution in [0, 0.1) is 4.77 Å².